The monoisotopic (exact) mass is 369 g/mol. The second kappa shape index (κ2) is 5.55. The zero-order valence-corrected chi connectivity index (χ0v) is 13.3. The molecule has 1 aromatic heterocycles. The van der Waals surface area contributed by atoms with Crippen LogP contribution in [0.5, 0.6) is 5.75 Å². The maximum absolute atomic E-state index is 9.48. The van der Waals surface area contributed by atoms with Gasteiger partial charge in [0, 0.05) is 6.54 Å². The lowest BCUT2D eigenvalue weighted by atomic mass is 10.2. The van der Waals surface area contributed by atoms with Crippen molar-refractivity contribution in [1.29, 1.82) is 0 Å². The van der Waals surface area contributed by atoms with Gasteiger partial charge in [-0.15, -0.1) is 0 Å². The van der Waals surface area contributed by atoms with E-state index in [0.717, 1.165) is 34.0 Å². The molecule has 0 fully saturated rings. The number of aromatic nitrogens is 2. The molecule has 0 amide bonds. The minimum atomic E-state index is 0.220. The Balaban J connectivity index is 1.88. The standard InChI is InChI=1S/C13H9BrClN3OS/c14-8-5-7(1-4-11(8)19)6-16-12-9(15)2-3-10-13(12)18-20-17-10/h1-5,16,19H,6H2. The summed E-state index contributed by atoms with van der Waals surface area (Å²) in [6.45, 7) is 0.579. The van der Waals surface area contributed by atoms with E-state index in [1.54, 1.807) is 12.1 Å². The largest absolute Gasteiger partial charge is 0.507 e. The van der Waals surface area contributed by atoms with E-state index in [0.29, 0.717) is 16.0 Å². The average Bonchev–Trinajstić information content (AvgIpc) is 2.90. The number of nitrogens with zero attached hydrogens (tertiary/aromatic N) is 2. The highest BCUT2D eigenvalue weighted by Gasteiger charge is 2.09. The van der Waals surface area contributed by atoms with Gasteiger partial charge in [-0.2, -0.15) is 8.75 Å². The fraction of sp³-hybridized carbons (Fsp3) is 0.0769. The van der Waals surface area contributed by atoms with Crippen molar-refractivity contribution in [3.8, 4) is 5.75 Å². The van der Waals surface area contributed by atoms with Crippen molar-refractivity contribution in [2.24, 2.45) is 0 Å². The quantitative estimate of drug-likeness (QED) is 0.716. The first-order chi connectivity index (χ1) is 9.65. The topological polar surface area (TPSA) is 58.0 Å². The van der Waals surface area contributed by atoms with Gasteiger partial charge in [-0.1, -0.05) is 17.7 Å². The van der Waals surface area contributed by atoms with Crippen molar-refractivity contribution in [1.82, 2.24) is 8.75 Å². The number of anilines is 1. The fourth-order valence-corrected chi connectivity index (χ4v) is 3.03. The molecule has 1 heterocycles. The van der Waals surface area contributed by atoms with Crippen molar-refractivity contribution in [3.05, 3.63) is 45.4 Å². The summed E-state index contributed by atoms with van der Waals surface area (Å²) in [5.74, 6) is 0.220. The molecule has 0 saturated heterocycles. The number of phenolic OH excluding ortho intramolecular Hbond substituents is 1. The van der Waals surface area contributed by atoms with Gasteiger partial charge in [-0.3, -0.25) is 0 Å². The molecule has 0 unspecified atom stereocenters. The molecule has 20 heavy (non-hydrogen) atoms. The first kappa shape index (κ1) is 13.6. The van der Waals surface area contributed by atoms with Gasteiger partial charge < -0.3 is 10.4 Å². The van der Waals surface area contributed by atoms with Crippen LogP contribution in [0.4, 0.5) is 5.69 Å². The Labute approximate surface area is 132 Å². The summed E-state index contributed by atoms with van der Waals surface area (Å²) >= 11 is 10.7. The average molecular weight is 371 g/mol. The Morgan fingerprint density at radius 3 is 2.90 bits per heavy atom. The highest BCUT2D eigenvalue weighted by molar-refractivity contribution is 9.10. The number of fused-ring (bicyclic) bond motifs is 1. The molecule has 102 valence electrons. The minimum Gasteiger partial charge on any atom is -0.507 e. The maximum atomic E-state index is 9.48. The molecule has 3 rings (SSSR count). The van der Waals surface area contributed by atoms with E-state index in [-0.39, 0.29) is 5.75 Å². The highest BCUT2D eigenvalue weighted by Crippen LogP contribution is 2.31. The number of rotatable bonds is 3. The molecule has 0 aliphatic carbocycles. The predicted molar refractivity (Wildman–Crippen MR) is 85.6 cm³/mol. The van der Waals surface area contributed by atoms with Gasteiger partial charge in [-0.25, -0.2) is 0 Å². The lowest BCUT2D eigenvalue weighted by Crippen LogP contribution is -2.00. The third-order valence-electron chi connectivity index (χ3n) is 2.86. The van der Waals surface area contributed by atoms with Crippen LogP contribution in [0.3, 0.4) is 0 Å². The minimum absolute atomic E-state index is 0.220. The molecule has 0 aliphatic rings. The number of hydrogen-bond donors (Lipinski definition) is 2. The van der Waals surface area contributed by atoms with Crippen LogP contribution < -0.4 is 5.32 Å². The third kappa shape index (κ3) is 2.59. The molecule has 2 N–H and O–H groups in total. The number of hydrogen-bond acceptors (Lipinski definition) is 5. The molecule has 0 atom stereocenters. The van der Waals surface area contributed by atoms with Crippen molar-refractivity contribution in [3.63, 3.8) is 0 Å². The van der Waals surface area contributed by atoms with Gasteiger partial charge in [0.05, 0.1) is 26.9 Å². The Bertz CT molecular complexity index is 777. The van der Waals surface area contributed by atoms with E-state index < -0.39 is 0 Å². The van der Waals surface area contributed by atoms with Crippen LogP contribution in [0.15, 0.2) is 34.8 Å². The number of nitrogens with one attached hydrogen (secondary N) is 1. The number of benzene rings is 2. The molecular formula is C13H9BrClN3OS. The van der Waals surface area contributed by atoms with Gasteiger partial charge in [-0.05, 0) is 45.8 Å². The fourth-order valence-electron chi connectivity index (χ4n) is 1.85. The SMILES string of the molecule is Oc1ccc(CNc2c(Cl)ccc3nsnc23)cc1Br. The van der Waals surface area contributed by atoms with Crippen LogP contribution in [0.25, 0.3) is 11.0 Å². The zero-order chi connectivity index (χ0) is 14.1. The molecule has 0 aliphatic heterocycles. The first-order valence-corrected chi connectivity index (χ1v) is 7.67. The van der Waals surface area contributed by atoms with Crippen molar-refractivity contribution in [2.45, 2.75) is 6.54 Å². The molecule has 0 spiro atoms. The molecule has 3 aromatic rings. The van der Waals surface area contributed by atoms with E-state index >= 15 is 0 Å². The zero-order valence-electron chi connectivity index (χ0n) is 10.1. The third-order valence-corrected chi connectivity index (χ3v) is 4.35. The van der Waals surface area contributed by atoms with E-state index in [1.165, 1.54) is 0 Å². The molecule has 0 bridgehead atoms. The summed E-state index contributed by atoms with van der Waals surface area (Å²) < 4.78 is 9.11. The van der Waals surface area contributed by atoms with Crippen LogP contribution in [0.1, 0.15) is 5.56 Å². The van der Waals surface area contributed by atoms with Gasteiger partial charge in [0.15, 0.2) is 0 Å². The second-order valence-electron chi connectivity index (χ2n) is 4.19. The molecule has 2 aromatic carbocycles. The highest BCUT2D eigenvalue weighted by atomic mass is 79.9. The predicted octanol–water partition coefficient (Wildman–Crippen LogP) is 4.42. The maximum Gasteiger partial charge on any atom is 0.129 e. The van der Waals surface area contributed by atoms with E-state index in [2.05, 4.69) is 30.0 Å². The van der Waals surface area contributed by atoms with Gasteiger partial charge in [0.25, 0.3) is 0 Å². The van der Waals surface area contributed by atoms with Crippen LogP contribution >= 0.6 is 39.3 Å². The molecule has 4 nitrogen and oxygen atoms in total. The summed E-state index contributed by atoms with van der Waals surface area (Å²) in [6, 6.07) is 9.01. The van der Waals surface area contributed by atoms with Crippen LogP contribution in [0, 0.1) is 0 Å². The smallest absolute Gasteiger partial charge is 0.129 e. The summed E-state index contributed by atoms with van der Waals surface area (Å²) in [5.41, 5.74) is 3.40. The molecule has 0 saturated carbocycles. The lowest BCUT2D eigenvalue weighted by molar-refractivity contribution is 0.471. The van der Waals surface area contributed by atoms with Crippen LogP contribution in [-0.2, 0) is 6.54 Å². The molecule has 0 radical (unpaired) electrons. The van der Waals surface area contributed by atoms with Crippen molar-refractivity contribution < 1.29 is 5.11 Å². The van der Waals surface area contributed by atoms with Crippen molar-refractivity contribution in [2.75, 3.05) is 5.32 Å². The first-order valence-electron chi connectivity index (χ1n) is 5.77. The van der Waals surface area contributed by atoms with E-state index in [1.807, 2.05) is 18.2 Å². The van der Waals surface area contributed by atoms with Gasteiger partial charge in [0.1, 0.15) is 16.8 Å². The van der Waals surface area contributed by atoms with Crippen LogP contribution in [-0.4, -0.2) is 13.9 Å². The summed E-state index contributed by atoms with van der Waals surface area (Å²) in [6.07, 6.45) is 0. The second-order valence-corrected chi connectivity index (χ2v) is 5.98. The molecular weight excluding hydrogens is 362 g/mol. The Morgan fingerprint density at radius 2 is 2.10 bits per heavy atom. The number of phenols is 1. The van der Waals surface area contributed by atoms with E-state index in [4.69, 9.17) is 11.6 Å². The van der Waals surface area contributed by atoms with Crippen LogP contribution in [0.2, 0.25) is 5.02 Å². The summed E-state index contributed by atoms with van der Waals surface area (Å²) in [5, 5.41) is 13.4. The van der Waals surface area contributed by atoms with Crippen molar-refractivity contribution >= 4 is 56.0 Å². The summed E-state index contributed by atoms with van der Waals surface area (Å²) in [7, 11) is 0. The van der Waals surface area contributed by atoms with Gasteiger partial charge >= 0.3 is 0 Å². The number of halogens is 2. The normalized spacial score (nSPS) is 10.9. The Hall–Kier alpha value is -1.37. The van der Waals surface area contributed by atoms with E-state index in [9.17, 15) is 5.11 Å². The summed E-state index contributed by atoms with van der Waals surface area (Å²) in [4.78, 5) is 0. The van der Waals surface area contributed by atoms with Gasteiger partial charge in [0.2, 0.25) is 0 Å². The Morgan fingerprint density at radius 1 is 1.25 bits per heavy atom. The molecule has 7 heteroatoms. The Kier molecular flexibility index (Phi) is 3.78. The lowest BCUT2D eigenvalue weighted by Gasteiger charge is -2.09. The number of aromatic hydroxyl groups is 1.